The second kappa shape index (κ2) is 13.0. The third-order valence-corrected chi connectivity index (χ3v) is 6.53. The smallest absolute Gasteiger partial charge is 0.337 e. The molecule has 10 heteroatoms. The molecule has 1 aromatic heterocycles. The summed E-state index contributed by atoms with van der Waals surface area (Å²) in [5, 5.41) is 30.0. The molecule has 0 aliphatic rings. The Morgan fingerprint density at radius 3 is 2.23 bits per heavy atom. The van der Waals surface area contributed by atoms with Gasteiger partial charge in [-0.25, -0.2) is 9.79 Å². The molecular weight excluding hydrogens is 512 g/mol. The summed E-state index contributed by atoms with van der Waals surface area (Å²) < 4.78 is 4.81. The molecule has 0 saturated carbocycles. The van der Waals surface area contributed by atoms with Crippen molar-refractivity contribution in [3.63, 3.8) is 0 Å². The highest BCUT2D eigenvalue weighted by molar-refractivity contribution is 6.22. The first-order valence-electron chi connectivity index (χ1n) is 12.7. The molecule has 0 aliphatic heterocycles. The molecule has 0 atom stereocenters. The molecule has 1 amide bonds. The summed E-state index contributed by atoms with van der Waals surface area (Å²) in [5.41, 5.74) is 3.96. The van der Waals surface area contributed by atoms with Crippen molar-refractivity contribution in [2.24, 2.45) is 4.99 Å². The van der Waals surface area contributed by atoms with Crippen molar-refractivity contribution in [1.82, 2.24) is 9.88 Å². The minimum absolute atomic E-state index is 0.0627. The number of aromatic hydroxyl groups is 1. The SMILES string of the molecule is COC(=O)c1ccc2c(C(=Nc3ccc(N(C)C(=O)CN(CCO)CCO)cc3)c3ccccc3)c(O)[nH]c2c1. The quantitative estimate of drug-likeness (QED) is 0.168. The van der Waals surface area contributed by atoms with Crippen LogP contribution in [0.25, 0.3) is 10.9 Å². The normalized spacial score (nSPS) is 11.7. The Kier molecular flexibility index (Phi) is 9.28. The summed E-state index contributed by atoms with van der Waals surface area (Å²) in [4.78, 5) is 35.8. The van der Waals surface area contributed by atoms with Gasteiger partial charge < -0.3 is 29.9 Å². The summed E-state index contributed by atoms with van der Waals surface area (Å²) in [6, 6.07) is 21.6. The van der Waals surface area contributed by atoms with Gasteiger partial charge in [0.25, 0.3) is 0 Å². The van der Waals surface area contributed by atoms with Gasteiger partial charge in [-0.15, -0.1) is 0 Å². The van der Waals surface area contributed by atoms with E-state index in [-0.39, 0.29) is 31.5 Å². The lowest BCUT2D eigenvalue weighted by Crippen LogP contribution is -2.40. The van der Waals surface area contributed by atoms with E-state index in [2.05, 4.69) is 4.98 Å². The van der Waals surface area contributed by atoms with E-state index in [0.717, 1.165) is 5.56 Å². The molecule has 10 nitrogen and oxygen atoms in total. The molecule has 4 N–H and O–H groups in total. The highest BCUT2D eigenvalue weighted by atomic mass is 16.5. The number of esters is 1. The zero-order valence-corrected chi connectivity index (χ0v) is 22.4. The van der Waals surface area contributed by atoms with Crippen molar-refractivity contribution in [2.75, 3.05) is 51.9 Å². The molecule has 0 spiro atoms. The van der Waals surface area contributed by atoms with E-state index in [1.807, 2.05) is 30.3 Å². The Bertz CT molecular complexity index is 1490. The Morgan fingerprint density at radius 1 is 0.925 bits per heavy atom. The van der Waals surface area contributed by atoms with E-state index < -0.39 is 5.97 Å². The summed E-state index contributed by atoms with van der Waals surface area (Å²) >= 11 is 0. The Balaban J connectivity index is 1.68. The number of hydrogen-bond donors (Lipinski definition) is 4. The van der Waals surface area contributed by atoms with Crippen LogP contribution < -0.4 is 4.90 Å². The first-order valence-corrected chi connectivity index (χ1v) is 12.7. The predicted octanol–water partition coefficient (Wildman–Crippen LogP) is 3.08. The number of carbonyl (C=O) groups excluding carboxylic acids is 2. The number of aliphatic hydroxyl groups excluding tert-OH is 2. The van der Waals surface area contributed by atoms with Crippen LogP contribution in [0.1, 0.15) is 21.5 Å². The van der Waals surface area contributed by atoms with Crippen LogP contribution in [0.2, 0.25) is 0 Å². The van der Waals surface area contributed by atoms with Crippen molar-refractivity contribution in [3.8, 4) is 5.88 Å². The van der Waals surface area contributed by atoms with Crippen LogP contribution in [0.15, 0.2) is 77.8 Å². The molecule has 0 saturated heterocycles. The number of ether oxygens (including phenoxy) is 1. The third kappa shape index (κ3) is 6.37. The van der Waals surface area contributed by atoms with E-state index in [1.54, 1.807) is 54.4 Å². The number of aromatic amines is 1. The largest absolute Gasteiger partial charge is 0.494 e. The van der Waals surface area contributed by atoms with Crippen molar-refractivity contribution in [3.05, 3.63) is 89.5 Å². The third-order valence-electron chi connectivity index (χ3n) is 6.53. The number of H-pyrrole nitrogens is 1. The highest BCUT2D eigenvalue weighted by Gasteiger charge is 2.20. The van der Waals surface area contributed by atoms with Crippen LogP contribution in [0, 0.1) is 0 Å². The van der Waals surface area contributed by atoms with Gasteiger partial charge in [0.2, 0.25) is 5.91 Å². The van der Waals surface area contributed by atoms with Gasteiger partial charge in [0.1, 0.15) is 0 Å². The number of likely N-dealkylation sites (N-methyl/N-ethyl adjacent to an activating group) is 1. The number of aliphatic imine (C=N–C) groups is 1. The van der Waals surface area contributed by atoms with E-state index in [9.17, 15) is 24.9 Å². The molecule has 3 aromatic carbocycles. The van der Waals surface area contributed by atoms with Crippen LogP contribution in [-0.2, 0) is 9.53 Å². The van der Waals surface area contributed by atoms with Crippen molar-refractivity contribution >= 4 is 39.9 Å². The predicted molar refractivity (Wildman–Crippen MR) is 154 cm³/mol. The number of nitrogens with one attached hydrogen (secondary N) is 1. The standard InChI is InChI=1S/C30H32N4O6/c1-33(26(37)19-34(14-16-35)15-17-36)23-11-9-22(10-12-23)31-28(20-6-4-3-5-7-20)27-24-13-8-21(30(39)40-2)18-25(24)32-29(27)38/h3-13,18,32,35-36,38H,14-17,19H2,1-2H3. The van der Waals surface area contributed by atoms with Gasteiger partial charge in [-0.1, -0.05) is 36.4 Å². The fourth-order valence-corrected chi connectivity index (χ4v) is 4.40. The zero-order valence-electron chi connectivity index (χ0n) is 22.4. The van der Waals surface area contributed by atoms with Crippen LogP contribution in [0.5, 0.6) is 5.88 Å². The van der Waals surface area contributed by atoms with Crippen LogP contribution >= 0.6 is 0 Å². The number of rotatable bonds is 11. The summed E-state index contributed by atoms with van der Waals surface area (Å²) in [7, 11) is 2.98. The highest BCUT2D eigenvalue weighted by Crippen LogP contribution is 2.32. The molecule has 0 aliphatic carbocycles. The number of nitrogens with zero attached hydrogens (tertiary/aromatic N) is 3. The average Bonchev–Trinajstić information content (AvgIpc) is 3.30. The van der Waals surface area contributed by atoms with E-state index >= 15 is 0 Å². The zero-order chi connectivity index (χ0) is 28.6. The van der Waals surface area contributed by atoms with Gasteiger partial charge in [0.05, 0.1) is 49.4 Å². The summed E-state index contributed by atoms with van der Waals surface area (Å²) in [6.07, 6.45) is 0. The fraction of sp³-hybridized carbons (Fsp3) is 0.233. The van der Waals surface area contributed by atoms with Gasteiger partial charge in [0, 0.05) is 42.3 Å². The first kappa shape index (κ1) is 28.5. The van der Waals surface area contributed by atoms with Crippen molar-refractivity contribution in [1.29, 1.82) is 0 Å². The molecule has 4 rings (SSSR count). The number of carbonyl (C=O) groups is 2. The molecule has 0 radical (unpaired) electrons. The molecule has 1 heterocycles. The number of anilines is 1. The lowest BCUT2D eigenvalue weighted by Gasteiger charge is -2.24. The minimum atomic E-state index is -0.479. The van der Waals surface area contributed by atoms with Crippen LogP contribution in [-0.4, -0.2) is 89.8 Å². The van der Waals surface area contributed by atoms with Gasteiger partial charge in [-0.2, -0.15) is 0 Å². The van der Waals surface area contributed by atoms with Gasteiger partial charge in [0.15, 0.2) is 5.88 Å². The van der Waals surface area contributed by atoms with E-state index in [4.69, 9.17) is 9.73 Å². The molecule has 0 fully saturated rings. The Labute approximate surface area is 231 Å². The average molecular weight is 545 g/mol. The number of amides is 1. The lowest BCUT2D eigenvalue weighted by atomic mass is 10.00. The monoisotopic (exact) mass is 544 g/mol. The molecule has 0 bridgehead atoms. The molecule has 4 aromatic rings. The topological polar surface area (TPSA) is 139 Å². The molecule has 40 heavy (non-hydrogen) atoms. The Hall–Kier alpha value is -4.51. The second-order valence-corrected chi connectivity index (χ2v) is 9.12. The number of fused-ring (bicyclic) bond motifs is 1. The number of benzene rings is 3. The van der Waals surface area contributed by atoms with E-state index in [0.29, 0.717) is 52.2 Å². The van der Waals surface area contributed by atoms with Crippen molar-refractivity contribution in [2.45, 2.75) is 0 Å². The van der Waals surface area contributed by atoms with Gasteiger partial charge >= 0.3 is 5.97 Å². The van der Waals surface area contributed by atoms with Gasteiger partial charge in [-0.3, -0.25) is 9.69 Å². The maximum absolute atomic E-state index is 12.8. The lowest BCUT2D eigenvalue weighted by molar-refractivity contribution is -0.119. The fourth-order valence-electron chi connectivity index (χ4n) is 4.40. The number of aromatic nitrogens is 1. The minimum Gasteiger partial charge on any atom is -0.494 e. The summed E-state index contributed by atoms with van der Waals surface area (Å²) in [5.74, 6) is -0.748. The Morgan fingerprint density at radius 2 is 1.60 bits per heavy atom. The first-order chi connectivity index (χ1) is 19.4. The molecule has 208 valence electrons. The maximum Gasteiger partial charge on any atom is 0.337 e. The van der Waals surface area contributed by atoms with Crippen LogP contribution in [0.4, 0.5) is 11.4 Å². The number of methoxy groups -OCH3 is 1. The molecular formula is C30H32N4O6. The summed E-state index contributed by atoms with van der Waals surface area (Å²) in [6.45, 7) is 0.437. The molecule has 0 unspecified atom stereocenters. The number of hydrogen-bond acceptors (Lipinski definition) is 8. The van der Waals surface area contributed by atoms with Crippen molar-refractivity contribution < 1.29 is 29.6 Å². The maximum atomic E-state index is 12.8. The van der Waals surface area contributed by atoms with Gasteiger partial charge in [-0.05, 0) is 36.4 Å². The second-order valence-electron chi connectivity index (χ2n) is 9.12. The van der Waals surface area contributed by atoms with Crippen LogP contribution in [0.3, 0.4) is 0 Å². The number of aliphatic hydroxyl groups is 2. The van der Waals surface area contributed by atoms with E-state index in [1.165, 1.54) is 12.0 Å².